The largest absolute Gasteiger partial charge is 0.517 e. The molecule has 0 spiro atoms. The Kier molecular flexibility index (Phi) is 10.7. The van der Waals surface area contributed by atoms with Crippen molar-refractivity contribution in [3.63, 3.8) is 0 Å². The molecule has 0 saturated heterocycles. The van der Waals surface area contributed by atoms with E-state index in [4.69, 9.17) is 31.2 Å². The standard InChI is InChI=1S/C18H26O10Si2/c1-9-11-23-17(21)25-13(15(19)27-29(3,4)5)14(16(20)28-30(6,7)8)26-18(22)24-12-10-2/h1-2,13-14H,11-12H2,3-8H3. The average molecular weight is 459 g/mol. The second-order valence-corrected chi connectivity index (χ2v) is 16.5. The van der Waals surface area contributed by atoms with Crippen molar-refractivity contribution in [3.8, 4) is 24.7 Å². The fourth-order valence-electron chi connectivity index (χ4n) is 1.66. The van der Waals surface area contributed by atoms with Gasteiger partial charge in [-0.05, 0) is 39.3 Å². The summed E-state index contributed by atoms with van der Waals surface area (Å²) in [5, 5.41) is 0. The van der Waals surface area contributed by atoms with Crippen molar-refractivity contribution in [1.29, 1.82) is 0 Å². The zero-order valence-electron chi connectivity index (χ0n) is 17.8. The lowest BCUT2D eigenvalue weighted by Gasteiger charge is -2.28. The molecule has 2 atom stereocenters. The van der Waals surface area contributed by atoms with Crippen LogP contribution in [0.15, 0.2) is 0 Å². The molecular formula is C18H26O10Si2. The maximum atomic E-state index is 12.7. The van der Waals surface area contributed by atoms with Gasteiger partial charge in [-0.25, -0.2) is 19.2 Å². The summed E-state index contributed by atoms with van der Waals surface area (Å²) >= 11 is 0. The van der Waals surface area contributed by atoms with Crippen molar-refractivity contribution in [3.05, 3.63) is 0 Å². The van der Waals surface area contributed by atoms with E-state index >= 15 is 0 Å². The van der Waals surface area contributed by atoms with Gasteiger partial charge in [0.25, 0.3) is 0 Å². The number of hydrogen-bond acceptors (Lipinski definition) is 10. The van der Waals surface area contributed by atoms with E-state index in [0.717, 1.165) is 0 Å². The highest BCUT2D eigenvalue weighted by molar-refractivity contribution is 6.71. The van der Waals surface area contributed by atoms with Crippen LogP contribution < -0.4 is 0 Å². The molecule has 0 bridgehead atoms. The lowest BCUT2D eigenvalue weighted by molar-refractivity contribution is -0.167. The van der Waals surface area contributed by atoms with Gasteiger partial charge in [0.1, 0.15) is 0 Å². The summed E-state index contributed by atoms with van der Waals surface area (Å²) in [5.74, 6) is 1.81. The van der Waals surface area contributed by atoms with Gasteiger partial charge in [-0.2, -0.15) is 0 Å². The topological polar surface area (TPSA) is 124 Å². The van der Waals surface area contributed by atoms with Gasteiger partial charge in [0.05, 0.1) is 0 Å². The van der Waals surface area contributed by atoms with Crippen molar-refractivity contribution in [1.82, 2.24) is 0 Å². The average Bonchev–Trinajstić information content (AvgIpc) is 2.57. The predicted octanol–water partition coefficient (Wildman–Crippen LogP) is 2.05. The molecule has 0 aliphatic heterocycles. The van der Waals surface area contributed by atoms with Gasteiger partial charge < -0.3 is 27.8 Å². The lowest BCUT2D eigenvalue weighted by Crippen LogP contribution is -2.51. The zero-order valence-corrected chi connectivity index (χ0v) is 19.8. The van der Waals surface area contributed by atoms with Crippen molar-refractivity contribution in [2.45, 2.75) is 51.5 Å². The Labute approximate surface area is 177 Å². The van der Waals surface area contributed by atoms with Crippen LogP contribution >= 0.6 is 0 Å². The van der Waals surface area contributed by atoms with Crippen LogP contribution in [0.5, 0.6) is 0 Å². The molecule has 166 valence electrons. The quantitative estimate of drug-likeness (QED) is 0.288. The van der Waals surface area contributed by atoms with Crippen LogP contribution in [0.3, 0.4) is 0 Å². The van der Waals surface area contributed by atoms with Gasteiger partial charge in [0, 0.05) is 0 Å². The minimum atomic E-state index is -2.50. The van der Waals surface area contributed by atoms with E-state index in [1.54, 1.807) is 39.3 Å². The minimum Gasteiger partial charge on any atom is -0.517 e. The molecule has 0 aliphatic rings. The van der Waals surface area contributed by atoms with Crippen LogP contribution in [0.4, 0.5) is 9.59 Å². The maximum Gasteiger partial charge on any atom is 0.510 e. The number of carbonyl (C=O) groups is 4. The first-order chi connectivity index (χ1) is 13.7. The molecule has 12 heteroatoms. The zero-order chi connectivity index (χ0) is 23.5. The second-order valence-electron chi connectivity index (χ2n) is 7.63. The maximum absolute atomic E-state index is 12.7. The highest BCUT2D eigenvalue weighted by atomic mass is 28.4. The van der Waals surface area contributed by atoms with E-state index in [0.29, 0.717) is 0 Å². The van der Waals surface area contributed by atoms with Crippen LogP contribution in [0.25, 0.3) is 0 Å². The summed E-state index contributed by atoms with van der Waals surface area (Å²) in [6.07, 6.45) is 3.20. The molecule has 0 aromatic carbocycles. The summed E-state index contributed by atoms with van der Waals surface area (Å²) in [6, 6.07) is 0. The van der Waals surface area contributed by atoms with Crippen LogP contribution in [-0.4, -0.2) is 66.3 Å². The lowest BCUT2D eigenvalue weighted by atomic mass is 10.2. The molecule has 0 saturated carbocycles. The Bertz CT molecular complexity index is 659. The van der Waals surface area contributed by atoms with Crippen LogP contribution in [0.2, 0.25) is 39.3 Å². The molecule has 0 heterocycles. The van der Waals surface area contributed by atoms with Gasteiger partial charge in [0.2, 0.25) is 28.8 Å². The third-order valence-corrected chi connectivity index (χ3v) is 4.17. The Hall–Kier alpha value is -2.97. The number of carbonyl (C=O) groups excluding carboxylic acids is 4. The minimum absolute atomic E-state index is 0.455. The Morgan fingerprint density at radius 2 is 1.00 bits per heavy atom. The fourth-order valence-corrected chi connectivity index (χ4v) is 3.10. The molecule has 30 heavy (non-hydrogen) atoms. The summed E-state index contributed by atoms with van der Waals surface area (Å²) in [5.41, 5.74) is 0. The van der Waals surface area contributed by atoms with E-state index < -0.39 is 66.3 Å². The molecular weight excluding hydrogens is 432 g/mol. The van der Waals surface area contributed by atoms with Crippen molar-refractivity contribution in [2.24, 2.45) is 0 Å². The van der Waals surface area contributed by atoms with E-state index in [1.165, 1.54) is 0 Å². The first-order valence-electron chi connectivity index (χ1n) is 8.69. The number of terminal acetylenes is 2. The Morgan fingerprint density at radius 3 is 1.23 bits per heavy atom. The highest BCUT2D eigenvalue weighted by Crippen LogP contribution is 2.17. The van der Waals surface area contributed by atoms with Crippen LogP contribution in [0, 0.1) is 24.7 Å². The molecule has 0 radical (unpaired) electrons. The fraction of sp³-hybridized carbons (Fsp3) is 0.556. The van der Waals surface area contributed by atoms with Crippen LogP contribution in [-0.2, 0) is 37.4 Å². The Balaban J connectivity index is 5.93. The first-order valence-corrected chi connectivity index (χ1v) is 15.5. The molecule has 0 amide bonds. The summed E-state index contributed by atoms with van der Waals surface area (Å²) in [4.78, 5) is 49.1. The molecule has 0 N–H and O–H groups in total. The normalized spacial score (nSPS) is 12.8. The van der Waals surface area contributed by atoms with E-state index in [1.807, 2.05) is 11.8 Å². The number of ether oxygens (including phenoxy) is 4. The molecule has 0 aromatic rings. The molecule has 0 rings (SSSR count). The van der Waals surface area contributed by atoms with E-state index in [-0.39, 0.29) is 0 Å². The van der Waals surface area contributed by atoms with E-state index in [9.17, 15) is 19.2 Å². The second kappa shape index (κ2) is 11.9. The van der Waals surface area contributed by atoms with Crippen LogP contribution in [0.1, 0.15) is 0 Å². The highest BCUT2D eigenvalue weighted by Gasteiger charge is 2.45. The van der Waals surface area contributed by atoms with Gasteiger partial charge in [-0.1, -0.05) is 11.8 Å². The molecule has 10 nitrogen and oxygen atoms in total. The third kappa shape index (κ3) is 11.8. The van der Waals surface area contributed by atoms with Gasteiger partial charge in [0.15, 0.2) is 13.2 Å². The number of rotatable bonds is 9. The van der Waals surface area contributed by atoms with E-state index in [2.05, 4.69) is 9.47 Å². The summed E-state index contributed by atoms with van der Waals surface area (Å²) in [6.45, 7) is 9.15. The van der Waals surface area contributed by atoms with Crippen molar-refractivity contribution >= 4 is 40.9 Å². The summed E-state index contributed by atoms with van der Waals surface area (Å²) < 4.78 is 29.5. The Morgan fingerprint density at radius 1 is 0.700 bits per heavy atom. The molecule has 0 fully saturated rings. The van der Waals surface area contributed by atoms with Gasteiger partial charge in [-0.15, -0.1) is 12.8 Å². The SMILES string of the molecule is C#CCOC(=O)OC(C(=O)O[Si](C)(C)C)C(OC(=O)OCC#C)C(=O)O[Si](C)(C)C. The first kappa shape index (κ1) is 27.0. The van der Waals surface area contributed by atoms with Crippen molar-refractivity contribution in [2.75, 3.05) is 13.2 Å². The third-order valence-electron chi connectivity index (χ3n) is 2.55. The smallest absolute Gasteiger partial charge is 0.510 e. The molecule has 0 aliphatic carbocycles. The molecule has 2 unspecified atom stereocenters. The van der Waals surface area contributed by atoms with Gasteiger partial charge >= 0.3 is 24.2 Å². The summed E-state index contributed by atoms with van der Waals surface area (Å²) in [7, 11) is -5.01. The molecule has 0 aromatic heterocycles. The van der Waals surface area contributed by atoms with Gasteiger partial charge in [-0.3, -0.25) is 0 Å². The monoisotopic (exact) mass is 458 g/mol. The van der Waals surface area contributed by atoms with Crippen molar-refractivity contribution < 1.29 is 47.0 Å². The number of hydrogen-bond donors (Lipinski definition) is 0. The predicted molar refractivity (Wildman–Crippen MR) is 109 cm³/mol.